The van der Waals surface area contributed by atoms with Crippen molar-refractivity contribution >= 4 is 5.69 Å². The van der Waals surface area contributed by atoms with Crippen molar-refractivity contribution in [1.29, 1.82) is 5.26 Å². The smallest absolute Gasteiger partial charge is 0.143 e. The molecule has 2 aliphatic heterocycles. The number of anilines is 1. The number of benzene rings is 1. The molecule has 5 nitrogen and oxygen atoms in total. The maximum Gasteiger partial charge on any atom is 0.143 e. The Balaban J connectivity index is 1.53. The molecule has 3 heterocycles. The normalized spacial score (nSPS) is 19.0. The minimum atomic E-state index is -0.421. The summed E-state index contributed by atoms with van der Waals surface area (Å²) in [6.07, 6.45) is 4.59. The fourth-order valence-corrected chi connectivity index (χ4v) is 4.20. The number of rotatable bonds is 5. The van der Waals surface area contributed by atoms with Crippen LogP contribution in [-0.2, 0) is 13.0 Å². The number of halogens is 1. The minimum Gasteiger partial charge on any atom is -0.346 e. The van der Waals surface area contributed by atoms with E-state index >= 15 is 0 Å². The van der Waals surface area contributed by atoms with E-state index in [2.05, 4.69) is 46.1 Å². The van der Waals surface area contributed by atoms with Crippen LogP contribution in [-0.4, -0.2) is 34.7 Å². The SMILES string of the molecule is CC(C)Cc1cc(F)c(C#N)c(N2C=C3CN(Cc4cccnn4)CC3C2)c1. The monoisotopic (exact) mass is 377 g/mol. The first-order valence-corrected chi connectivity index (χ1v) is 9.72. The summed E-state index contributed by atoms with van der Waals surface area (Å²) in [5, 5.41) is 17.6. The average Bonchev–Trinajstić information content (AvgIpc) is 3.20. The number of fused-ring (bicyclic) bond motifs is 1. The molecule has 0 radical (unpaired) electrons. The second-order valence-corrected chi connectivity index (χ2v) is 8.12. The number of aromatic nitrogens is 2. The van der Waals surface area contributed by atoms with Crippen molar-refractivity contribution in [1.82, 2.24) is 15.1 Å². The highest BCUT2D eigenvalue weighted by atomic mass is 19.1. The third-order valence-electron chi connectivity index (χ3n) is 5.36. The lowest BCUT2D eigenvalue weighted by Crippen LogP contribution is -2.26. The van der Waals surface area contributed by atoms with Crippen molar-refractivity contribution < 1.29 is 4.39 Å². The Hall–Kier alpha value is -2.78. The summed E-state index contributed by atoms with van der Waals surface area (Å²) in [6, 6.07) is 9.44. The van der Waals surface area contributed by atoms with E-state index in [1.165, 1.54) is 11.6 Å². The van der Waals surface area contributed by atoms with Crippen LogP contribution in [0.3, 0.4) is 0 Å². The molecule has 0 bridgehead atoms. The lowest BCUT2D eigenvalue weighted by atomic mass is 9.99. The topological polar surface area (TPSA) is 56.1 Å². The molecule has 1 aromatic carbocycles. The quantitative estimate of drug-likeness (QED) is 0.798. The van der Waals surface area contributed by atoms with Gasteiger partial charge in [0.2, 0.25) is 0 Å². The van der Waals surface area contributed by atoms with Crippen LogP contribution in [0.2, 0.25) is 0 Å². The van der Waals surface area contributed by atoms with Crippen LogP contribution in [0.25, 0.3) is 0 Å². The second kappa shape index (κ2) is 7.69. The molecule has 0 aliphatic carbocycles. The first-order valence-electron chi connectivity index (χ1n) is 9.72. The molecule has 28 heavy (non-hydrogen) atoms. The standard InChI is InChI=1S/C22H24FN5/c1-15(2)6-16-7-21(23)20(9-24)22(8-16)28-12-17-10-27(11-18(17)13-28)14-19-4-3-5-25-26-19/h3-5,7-8,12,15,18H,6,10-11,13-14H2,1-2H3. The van der Waals surface area contributed by atoms with Gasteiger partial charge >= 0.3 is 0 Å². The van der Waals surface area contributed by atoms with Gasteiger partial charge in [0.05, 0.1) is 11.4 Å². The molecule has 1 unspecified atom stereocenters. The van der Waals surface area contributed by atoms with Gasteiger partial charge < -0.3 is 4.90 Å². The van der Waals surface area contributed by atoms with Gasteiger partial charge in [-0.3, -0.25) is 4.90 Å². The molecule has 0 amide bonds. The molecule has 0 spiro atoms. The van der Waals surface area contributed by atoms with Gasteiger partial charge in [-0.15, -0.1) is 0 Å². The molecule has 0 N–H and O–H groups in total. The van der Waals surface area contributed by atoms with Crippen molar-refractivity contribution in [2.45, 2.75) is 26.8 Å². The first-order chi connectivity index (χ1) is 13.5. The molecule has 0 saturated carbocycles. The van der Waals surface area contributed by atoms with Crippen LogP contribution < -0.4 is 4.90 Å². The Labute approximate surface area is 165 Å². The molecule has 1 fully saturated rings. The zero-order valence-corrected chi connectivity index (χ0v) is 16.3. The van der Waals surface area contributed by atoms with E-state index in [-0.39, 0.29) is 5.56 Å². The Kier molecular flexibility index (Phi) is 5.10. The number of nitrogens with zero attached hydrogens (tertiary/aromatic N) is 5. The largest absolute Gasteiger partial charge is 0.346 e. The molecule has 1 atom stereocenters. The van der Waals surface area contributed by atoms with E-state index in [4.69, 9.17) is 0 Å². The van der Waals surface area contributed by atoms with Gasteiger partial charge in [0, 0.05) is 44.5 Å². The number of likely N-dealkylation sites (tertiary alicyclic amines) is 1. The summed E-state index contributed by atoms with van der Waals surface area (Å²) in [6.45, 7) is 7.60. The maximum atomic E-state index is 14.5. The first kappa shape index (κ1) is 18.6. The summed E-state index contributed by atoms with van der Waals surface area (Å²) in [5.74, 6) is 0.418. The highest BCUT2D eigenvalue weighted by molar-refractivity contribution is 5.64. The Morgan fingerprint density at radius 1 is 1.32 bits per heavy atom. The molecule has 1 saturated heterocycles. The number of nitriles is 1. The predicted molar refractivity (Wildman–Crippen MR) is 106 cm³/mol. The van der Waals surface area contributed by atoms with Crippen LogP contribution in [0, 0.1) is 29.0 Å². The Morgan fingerprint density at radius 3 is 2.86 bits per heavy atom. The minimum absolute atomic E-state index is 0.140. The lowest BCUT2D eigenvalue weighted by Gasteiger charge is -2.22. The van der Waals surface area contributed by atoms with Crippen molar-refractivity contribution in [3.05, 3.63) is 64.9 Å². The second-order valence-electron chi connectivity index (χ2n) is 8.12. The summed E-state index contributed by atoms with van der Waals surface area (Å²) < 4.78 is 14.5. The molecule has 2 aliphatic rings. The fourth-order valence-electron chi connectivity index (χ4n) is 4.20. The molecule has 2 aromatic rings. The Morgan fingerprint density at radius 2 is 2.18 bits per heavy atom. The number of hydrogen-bond acceptors (Lipinski definition) is 5. The highest BCUT2D eigenvalue weighted by Crippen LogP contribution is 2.36. The van der Waals surface area contributed by atoms with Crippen LogP contribution in [0.1, 0.15) is 30.7 Å². The van der Waals surface area contributed by atoms with Crippen LogP contribution >= 0.6 is 0 Å². The highest BCUT2D eigenvalue weighted by Gasteiger charge is 2.34. The van der Waals surface area contributed by atoms with Gasteiger partial charge in [0.15, 0.2) is 0 Å². The van der Waals surface area contributed by atoms with Crippen LogP contribution in [0.4, 0.5) is 10.1 Å². The zero-order chi connectivity index (χ0) is 19.7. The summed E-state index contributed by atoms with van der Waals surface area (Å²) >= 11 is 0. The zero-order valence-electron chi connectivity index (χ0n) is 16.3. The summed E-state index contributed by atoms with van der Waals surface area (Å²) in [5.41, 5.74) is 4.08. The molecule has 6 heteroatoms. The van der Waals surface area contributed by atoms with Crippen molar-refractivity contribution in [3.8, 4) is 6.07 Å². The van der Waals surface area contributed by atoms with Gasteiger partial charge in [0.1, 0.15) is 17.4 Å². The van der Waals surface area contributed by atoms with Crippen molar-refractivity contribution in [2.75, 3.05) is 24.5 Å². The third-order valence-corrected chi connectivity index (χ3v) is 5.36. The third kappa shape index (κ3) is 3.76. The van der Waals surface area contributed by atoms with Crippen molar-refractivity contribution in [3.63, 3.8) is 0 Å². The molecule has 1 aromatic heterocycles. The summed E-state index contributed by atoms with van der Waals surface area (Å²) in [4.78, 5) is 4.42. The molecular weight excluding hydrogens is 353 g/mol. The van der Waals surface area contributed by atoms with Gasteiger partial charge in [-0.05, 0) is 47.7 Å². The van der Waals surface area contributed by atoms with Crippen molar-refractivity contribution in [2.24, 2.45) is 11.8 Å². The van der Waals surface area contributed by atoms with Gasteiger partial charge in [-0.1, -0.05) is 13.8 Å². The van der Waals surface area contributed by atoms with E-state index in [1.807, 2.05) is 18.2 Å². The van der Waals surface area contributed by atoms with Gasteiger partial charge in [0.25, 0.3) is 0 Å². The maximum absolute atomic E-state index is 14.5. The van der Waals surface area contributed by atoms with Gasteiger partial charge in [-0.25, -0.2) is 4.39 Å². The predicted octanol–water partition coefficient (Wildman–Crippen LogP) is 3.52. The number of hydrogen-bond donors (Lipinski definition) is 0. The van der Waals surface area contributed by atoms with E-state index in [0.717, 1.165) is 43.9 Å². The Bertz CT molecular complexity index is 932. The van der Waals surface area contributed by atoms with Crippen LogP contribution in [0.15, 0.2) is 42.2 Å². The van der Waals surface area contributed by atoms with E-state index in [9.17, 15) is 9.65 Å². The lowest BCUT2D eigenvalue weighted by molar-refractivity contribution is 0.313. The van der Waals surface area contributed by atoms with E-state index in [1.54, 1.807) is 6.20 Å². The van der Waals surface area contributed by atoms with E-state index in [0.29, 0.717) is 17.5 Å². The van der Waals surface area contributed by atoms with Crippen LogP contribution in [0.5, 0.6) is 0 Å². The average molecular weight is 377 g/mol. The molecule has 144 valence electrons. The fraction of sp³-hybridized carbons (Fsp3) is 0.409. The summed E-state index contributed by atoms with van der Waals surface area (Å²) in [7, 11) is 0. The van der Waals surface area contributed by atoms with E-state index < -0.39 is 5.82 Å². The van der Waals surface area contributed by atoms with Gasteiger partial charge in [-0.2, -0.15) is 15.5 Å². The molecule has 4 rings (SSSR count). The molecular formula is C22H24FN5.